The van der Waals surface area contributed by atoms with Crippen molar-refractivity contribution < 1.29 is 5.11 Å². The molecule has 0 unspecified atom stereocenters. The summed E-state index contributed by atoms with van der Waals surface area (Å²) in [5.41, 5.74) is 5.91. The van der Waals surface area contributed by atoms with E-state index in [1.807, 2.05) is 6.07 Å². The first-order valence-electron chi connectivity index (χ1n) is 12.4. The number of benzene rings is 2. The van der Waals surface area contributed by atoms with Crippen LogP contribution in [0.25, 0.3) is 0 Å². The Morgan fingerprint density at radius 3 is 2.42 bits per heavy atom. The number of phenols is 1. The first kappa shape index (κ1) is 20.7. The van der Waals surface area contributed by atoms with Gasteiger partial charge in [0.25, 0.3) is 0 Å². The Hall–Kier alpha value is -2.16. The maximum atomic E-state index is 10.2. The highest BCUT2D eigenvalue weighted by Crippen LogP contribution is 2.56. The van der Waals surface area contributed by atoms with Gasteiger partial charge < -0.3 is 14.9 Å². The van der Waals surface area contributed by atoms with Gasteiger partial charge in [-0.2, -0.15) is 0 Å². The largest absolute Gasteiger partial charge is 0.508 e. The molecule has 5 rings (SSSR count). The number of aromatic hydroxyl groups is 1. The second-order valence-electron chi connectivity index (χ2n) is 10.7. The highest BCUT2D eigenvalue weighted by molar-refractivity contribution is 5.59. The van der Waals surface area contributed by atoms with E-state index in [-0.39, 0.29) is 5.41 Å². The minimum Gasteiger partial charge on any atom is -0.508 e. The molecular weight excluding hydrogens is 380 g/mol. The fourth-order valence-corrected chi connectivity index (χ4v) is 7.32. The molecule has 2 aromatic carbocycles. The van der Waals surface area contributed by atoms with E-state index in [1.54, 1.807) is 0 Å². The molecule has 1 aliphatic heterocycles. The smallest absolute Gasteiger partial charge is 0.115 e. The molecule has 0 aromatic heterocycles. The number of rotatable bonds is 4. The lowest BCUT2D eigenvalue weighted by molar-refractivity contribution is 0.0983. The molecule has 3 atom stereocenters. The van der Waals surface area contributed by atoms with Crippen molar-refractivity contribution in [3.05, 3.63) is 53.6 Å². The first-order chi connectivity index (χ1) is 14.9. The van der Waals surface area contributed by atoms with E-state index in [2.05, 4.69) is 73.9 Å². The third-order valence-electron chi connectivity index (χ3n) is 8.41. The van der Waals surface area contributed by atoms with Gasteiger partial charge in [-0.15, -0.1) is 0 Å². The molecule has 0 spiro atoms. The van der Waals surface area contributed by atoms with Gasteiger partial charge in [-0.05, 0) is 107 Å². The third kappa shape index (κ3) is 3.32. The van der Waals surface area contributed by atoms with E-state index in [0.717, 1.165) is 13.0 Å². The average molecular weight is 419 g/mol. The fourth-order valence-electron chi connectivity index (χ4n) is 7.32. The Bertz CT molecular complexity index is 927. The number of piperidine rings is 1. The van der Waals surface area contributed by atoms with Gasteiger partial charge in [0.05, 0.1) is 0 Å². The molecule has 2 aromatic rings. The number of anilines is 2. The molecule has 2 fully saturated rings. The molecule has 1 N–H and O–H groups in total. The predicted molar refractivity (Wildman–Crippen MR) is 130 cm³/mol. The van der Waals surface area contributed by atoms with Gasteiger partial charge in [0.15, 0.2) is 0 Å². The first-order valence-corrected chi connectivity index (χ1v) is 12.4. The standard InChI is InChI=1S/C28H38N2O/c1-19(2)30(20(3)4)23-11-9-22(10-12-23)29-16-15-28-14-6-5-7-25(28)27(29)17-21-8-13-24(31)18-26(21)28/h8-13,18-20,25,27,31H,5-7,14-17H2,1-4H3/t25-,27+,28+/m1/s1. The van der Waals surface area contributed by atoms with Crippen LogP contribution in [-0.4, -0.2) is 29.8 Å². The second kappa shape index (κ2) is 7.76. The number of phenolic OH excluding ortho intramolecular Hbond substituents is 1. The van der Waals surface area contributed by atoms with Crippen LogP contribution in [0.3, 0.4) is 0 Å². The summed E-state index contributed by atoms with van der Waals surface area (Å²) in [6, 6.07) is 17.1. The summed E-state index contributed by atoms with van der Waals surface area (Å²) in [5, 5.41) is 10.2. The van der Waals surface area contributed by atoms with Crippen LogP contribution < -0.4 is 9.80 Å². The van der Waals surface area contributed by atoms with Gasteiger partial charge in [0.2, 0.25) is 0 Å². The van der Waals surface area contributed by atoms with E-state index >= 15 is 0 Å². The molecule has 1 saturated carbocycles. The Morgan fingerprint density at radius 2 is 1.71 bits per heavy atom. The molecule has 0 amide bonds. The zero-order chi connectivity index (χ0) is 21.8. The van der Waals surface area contributed by atoms with Gasteiger partial charge in [0.1, 0.15) is 5.75 Å². The quantitative estimate of drug-likeness (QED) is 0.633. The van der Waals surface area contributed by atoms with Crippen molar-refractivity contribution in [2.45, 2.75) is 89.8 Å². The number of nitrogens with zero attached hydrogens (tertiary/aromatic N) is 2. The van der Waals surface area contributed by atoms with E-state index in [0.29, 0.717) is 29.8 Å². The molecule has 3 heteroatoms. The minimum atomic E-state index is 0.276. The molecule has 3 nitrogen and oxygen atoms in total. The van der Waals surface area contributed by atoms with Crippen LogP contribution >= 0.6 is 0 Å². The summed E-state index contributed by atoms with van der Waals surface area (Å²) in [7, 11) is 0. The van der Waals surface area contributed by atoms with Crippen molar-refractivity contribution >= 4 is 11.4 Å². The summed E-state index contributed by atoms with van der Waals surface area (Å²) in [6.45, 7) is 10.2. The third-order valence-corrected chi connectivity index (χ3v) is 8.41. The summed E-state index contributed by atoms with van der Waals surface area (Å²) < 4.78 is 0. The van der Waals surface area contributed by atoms with Crippen molar-refractivity contribution in [3.8, 4) is 5.75 Å². The molecule has 0 radical (unpaired) electrons. The lowest BCUT2D eigenvalue weighted by atomic mass is 9.52. The molecule has 1 heterocycles. The number of hydrogen-bond acceptors (Lipinski definition) is 3. The zero-order valence-electron chi connectivity index (χ0n) is 19.6. The van der Waals surface area contributed by atoms with Crippen molar-refractivity contribution in [2.75, 3.05) is 16.3 Å². The van der Waals surface area contributed by atoms with Crippen LogP contribution in [0.4, 0.5) is 11.4 Å². The fraction of sp³-hybridized carbons (Fsp3) is 0.571. The van der Waals surface area contributed by atoms with Gasteiger partial charge >= 0.3 is 0 Å². The van der Waals surface area contributed by atoms with Crippen LogP contribution in [0.2, 0.25) is 0 Å². The lowest BCUT2D eigenvalue weighted by Gasteiger charge is -2.59. The normalized spacial score (nSPS) is 27.2. The Labute approximate surface area is 188 Å². The van der Waals surface area contributed by atoms with Crippen molar-refractivity contribution in [1.82, 2.24) is 0 Å². The Balaban J connectivity index is 1.49. The maximum Gasteiger partial charge on any atom is 0.115 e. The van der Waals surface area contributed by atoms with Gasteiger partial charge in [0, 0.05) is 41.5 Å². The molecule has 1 saturated heterocycles. The molecule has 2 aliphatic carbocycles. The molecular formula is C28H38N2O. The van der Waals surface area contributed by atoms with Gasteiger partial charge in [-0.25, -0.2) is 0 Å². The van der Waals surface area contributed by atoms with Gasteiger partial charge in [-0.1, -0.05) is 18.9 Å². The summed E-state index contributed by atoms with van der Waals surface area (Å²) >= 11 is 0. The highest BCUT2D eigenvalue weighted by Gasteiger charge is 2.53. The summed E-state index contributed by atoms with van der Waals surface area (Å²) in [6.07, 6.45) is 7.59. The van der Waals surface area contributed by atoms with Crippen LogP contribution in [-0.2, 0) is 11.8 Å². The molecule has 3 aliphatic rings. The summed E-state index contributed by atoms with van der Waals surface area (Å²) in [5.74, 6) is 1.14. The lowest BCUT2D eigenvalue weighted by Crippen LogP contribution is -2.61. The summed E-state index contributed by atoms with van der Waals surface area (Å²) in [4.78, 5) is 5.21. The van der Waals surface area contributed by atoms with E-state index in [9.17, 15) is 5.11 Å². The zero-order valence-corrected chi connectivity index (χ0v) is 19.6. The van der Waals surface area contributed by atoms with Crippen LogP contribution in [0, 0.1) is 5.92 Å². The molecule has 31 heavy (non-hydrogen) atoms. The van der Waals surface area contributed by atoms with Crippen LogP contribution in [0.15, 0.2) is 42.5 Å². The molecule has 166 valence electrons. The second-order valence-corrected chi connectivity index (χ2v) is 10.7. The van der Waals surface area contributed by atoms with Gasteiger partial charge in [-0.3, -0.25) is 0 Å². The topological polar surface area (TPSA) is 26.7 Å². The maximum absolute atomic E-state index is 10.2. The van der Waals surface area contributed by atoms with Crippen LogP contribution in [0.5, 0.6) is 5.75 Å². The number of fused-ring (bicyclic) bond motifs is 1. The monoisotopic (exact) mass is 418 g/mol. The highest BCUT2D eigenvalue weighted by atomic mass is 16.3. The molecule has 2 bridgehead atoms. The Kier molecular flexibility index (Phi) is 5.19. The SMILES string of the molecule is CC(C)N(c1ccc(N2CC[C@@]34CCCC[C@@H]3[C@@H]2Cc2ccc(O)cc24)cc1)C(C)C. The van der Waals surface area contributed by atoms with E-state index < -0.39 is 0 Å². The van der Waals surface area contributed by atoms with Crippen molar-refractivity contribution in [3.63, 3.8) is 0 Å². The number of hydrogen-bond donors (Lipinski definition) is 1. The van der Waals surface area contributed by atoms with Crippen LogP contribution in [0.1, 0.15) is 70.9 Å². The predicted octanol–water partition coefficient (Wildman–Crippen LogP) is 6.28. The van der Waals surface area contributed by atoms with E-state index in [1.165, 1.54) is 54.6 Å². The Morgan fingerprint density at radius 1 is 0.968 bits per heavy atom. The van der Waals surface area contributed by atoms with Crippen molar-refractivity contribution in [1.29, 1.82) is 0 Å². The van der Waals surface area contributed by atoms with Crippen molar-refractivity contribution in [2.24, 2.45) is 5.92 Å². The van der Waals surface area contributed by atoms with E-state index in [4.69, 9.17) is 0 Å². The minimum absolute atomic E-state index is 0.276. The average Bonchev–Trinajstić information content (AvgIpc) is 2.75.